The van der Waals surface area contributed by atoms with Gasteiger partial charge in [0.2, 0.25) is 0 Å². The molecule has 32 heavy (non-hydrogen) atoms. The Hall–Kier alpha value is -3.80. The minimum atomic E-state index is -0.267. The van der Waals surface area contributed by atoms with E-state index >= 15 is 0 Å². The first-order valence-corrected chi connectivity index (χ1v) is 10.9. The van der Waals surface area contributed by atoms with Crippen LogP contribution >= 0.6 is 0 Å². The monoisotopic (exact) mass is 430 g/mol. The predicted octanol–water partition coefficient (Wildman–Crippen LogP) is 5.84. The molecule has 166 valence electrons. The first kappa shape index (κ1) is 22.9. The Balaban J connectivity index is 1.63. The number of anilines is 3. The van der Waals surface area contributed by atoms with Gasteiger partial charge in [-0.3, -0.25) is 4.79 Å². The van der Waals surface area contributed by atoms with E-state index < -0.39 is 0 Å². The molecule has 0 saturated carbocycles. The number of rotatable bonds is 8. The number of carbonyl (C=O) groups is 2. The van der Waals surface area contributed by atoms with E-state index in [4.69, 9.17) is 5.73 Å². The van der Waals surface area contributed by atoms with Crippen molar-refractivity contribution >= 4 is 29.0 Å². The van der Waals surface area contributed by atoms with E-state index in [-0.39, 0.29) is 11.9 Å². The summed E-state index contributed by atoms with van der Waals surface area (Å²) in [4.78, 5) is 26.7. The number of benzene rings is 3. The number of nitrogen functional groups attached to an aromatic ring is 1. The van der Waals surface area contributed by atoms with Crippen LogP contribution in [0.4, 0.5) is 21.9 Å². The van der Waals surface area contributed by atoms with Crippen LogP contribution in [0, 0.1) is 0 Å². The molecule has 0 aliphatic heterocycles. The molecule has 3 rings (SSSR count). The summed E-state index contributed by atoms with van der Waals surface area (Å²) >= 11 is 0. The van der Waals surface area contributed by atoms with Gasteiger partial charge >= 0.3 is 6.03 Å². The quantitative estimate of drug-likeness (QED) is 0.310. The van der Waals surface area contributed by atoms with Crippen molar-refractivity contribution < 1.29 is 9.59 Å². The van der Waals surface area contributed by atoms with E-state index in [1.54, 1.807) is 42.3 Å². The molecule has 3 aromatic carbocycles. The fourth-order valence-electron chi connectivity index (χ4n) is 3.29. The van der Waals surface area contributed by atoms with Crippen LogP contribution in [0.5, 0.6) is 0 Å². The number of amides is 3. The lowest BCUT2D eigenvalue weighted by Crippen LogP contribution is -2.32. The van der Waals surface area contributed by atoms with Crippen molar-refractivity contribution in [1.82, 2.24) is 4.90 Å². The van der Waals surface area contributed by atoms with E-state index in [0.29, 0.717) is 29.2 Å². The Labute approximate surface area is 189 Å². The molecule has 0 saturated heterocycles. The zero-order chi connectivity index (χ0) is 22.9. The number of hydrogen-bond acceptors (Lipinski definition) is 3. The van der Waals surface area contributed by atoms with Crippen molar-refractivity contribution in [1.29, 1.82) is 0 Å². The zero-order valence-corrected chi connectivity index (χ0v) is 18.6. The van der Waals surface area contributed by atoms with Crippen LogP contribution in [0.25, 0.3) is 11.1 Å². The van der Waals surface area contributed by atoms with Crippen molar-refractivity contribution in [3.63, 3.8) is 0 Å². The maximum absolute atomic E-state index is 12.7. The van der Waals surface area contributed by atoms with Gasteiger partial charge in [-0.1, -0.05) is 56.2 Å². The Morgan fingerprint density at radius 2 is 1.59 bits per heavy atom. The van der Waals surface area contributed by atoms with Crippen LogP contribution in [-0.2, 0) is 0 Å². The average Bonchev–Trinajstić information content (AvgIpc) is 2.81. The summed E-state index contributed by atoms with van der Waals surface area (Å²) in [5.74, 6) is -0.267. The summed E-state index contributed by atoms with van der Waals surface area (Å²) in [6, 6.07) is 22.1. The van der Waals surface area contributed by atoms with Crippen LogP contribution in [-0.4, -0.2) is 30.4 Å². The molecule has 0 aliphatic carbocycles. The zero-order valence-electron chi connectivity index (χ0n) is 18.6. The number of nitrogens with zero attached hydrogens (tertiary/aromatic N) is 1. The van der Waals surface area contributed by atoms with E-state index in [1.165, 1.54) is 0 Å². The molecule has 0 unspecified atom stereocenters. The molecular formula is C26H30N4O2. The van der Waals surface area contributed by atoms with Crippen LogP contribution in [0.15, 0.2) is 72.8 Å². The fourth-order valence-corrected chi connectivity index (χ4v) is 3.29. The highest BCUT2D eigenvalue weighted by molar-refractivity contribution is 6.06. The Morgan fingerprint density at radius 3 is 2.28 bits per heavy atom. The topological polar surface area (TPSA) is 87.5 Å². The van der Waals surface area contributed by atoms with Crippen molar-refractivity contribution in [2.75, 3.05) is 30.0 Å². The Kier molecular flexibility index (Phi) is 7.86. The SMILES string of the molecule is CCCCCN(C)C(=O)Nc1ccc(C(=O)Nc2cc(-c3ccccc3)ccc2N)cc1. The number of unbranched alkanes of at least 4 members (excludes halogenated alkanes) is 2. The number of nitrogens with one attached hydrogen (secondary N) is 2. The van der Waals surface area contributed by atoms with Gasteiger partial charge in [0.05, 0.1) is 11.4 Å². The number of carbonyl (C=O) groups excluding carboxylic acids is 2. The minimum absolute atomic E-state index is 0.163. The van der Waals surface area contributed by atoms with Gasteiger partial charge in [-0.25, -0.2) is 4.79 Å². The van der Waals surface area contributed by atoms with Gasteiger partial charge < -0.3 is 21.3 Å². The van der Waals surface area contributed by atoms with Crippen LogP contribution in [0.1, 0.15) is 36.5 Å². The summed E-state index contributed by atoms with van der Waals surface area (Å²) in [6.45, 7) is 2.84. The van der Waals surface area contributed by atoms with Crippen LogP contribution in [0.3, 0.4) is 0 Å². The minimum Gasteiger partial charge on any atom is -0.397 e. The fraction of sp³-hybridized carbons (Fsp3) is 0.231. The lowest BCUT2D eigenvalue weighted by molar-refractivity contribution is 0.102. The summed E-state index contributed by atoms with van der Waals surface area (Å²) < 4.78 is 0. The van der Waals surface area contributed by atoms with Gasteiger partial charge in [0, 0.05) is 24.8 Å². The highest BCUT2D eigenvalue weighted by Crippen LogP contribution is 2.27. The smallest absolute Gasteiger partial charge is 0.321 e. The van der Waals surface area contributed by atoms with Crippen molar-refractivity contribution in [2.45, 2.75) is 26.2 Å². The molecule has 0 aliphatic rings. The molecule has 3 aromatic rings. The summed E-state index contributed by atoms with van der Waals surface area (Å²) in [6.07, 6.45) is 3.19. The van der Waals surface area contributed by atoms with Crippen molar-refractivity contribution in [2.24, 2.45) is 0 Å². The van der Waals surface area contributed by atoms with E-state index in [2.05, 4.69) is 17.6 Å². The molecule has 0 radical (unpaired) electrons. The summed E-state index contributed by atoms with van der Waals surface area (Å²) in [5.41, 5.74) is 10.3. The molecule has 6 heteroatoms. The molecule has 0 atom stereocenters. The summed E-state index contributed by atoms with van der Waals surface area (Å²) in [5, 5.41) is 5.74. The molecule has 6 nitrogen and oxygen atoms in total. The summed E-state index contributed by atoms with van der Waals surface area (Å²) in [7, 11) is 1.78. The third-order valence-corrected chi connectivity index (χ3v) is 5.25. The van der Waals surface area contributed by atoms with Crippen LogP contribution in [0.2, 0.25) is 0 Å². The Morgan fingerprint density at radius 1 is 0.875 bits per heavy atom. The standard InChI is InChI=1S/C26H30N4O2/c1-3-4-8-17-30(2)26(32)28-22-14-11-20(12-15-22)25(31)29-24-18-21(13-16-23(24)27)19-9-6-5-7-10-19/h5-7,9-16,18H,3-4,8,17,27H2,1-2H3,(H,28,32)(H,29,31). The van der Waals surface area contributed by atoms with E-state index in [0.717, 1.165) is 30.4 Å². The number of hydrogen-bond donors (Lipinski definition) is 3. The lowest BCUT2D eigenvalue weighted by atomic mass is 10.0. The molecule has 3 amide bonds. The van der Waals surface area contributed by atoms with Gasteiger partial charge in [0.15, 0.2) is 0 Å². The second-order valence-electron chi connectivity index (χ2n) is 7.76. The molecule has 0 bridgehead atoms. The number of urea groups is 1. The van der Waals surface area contributed by atoms with E-state index in [9.17, 15) is 9.59 Å². The molecule has 0 heterocycles. The second-order valence-corrected chi connectivity index (χ2v) is 7.76. The second kappa shape index (κ2) is 11.0. The Bertz CT molecular complexity index is 1050. The first-order valence-electron chi connectivity index (χ1n) is 10.9. The third kappa shape index (κ3) is 6.11. The molecular weight excluding hydrogens is 400 g/mol. The van der Waals surface area contributed by atoms with Gasteiger partial charge in [-0.2, -0.15) is 0 Å². The lowest BCUT2D eigenvalue weighted by Gasteiger charge is -2.18. The highest BCUT2D eigenvalue weighted by Gasteiger charge is 2.12. The van der Waals surface area contributed by atoms with Gasteiger partial charge in [0.1, 0.15) is 0 Å². The van der Waals surface area contributed by atoms with Gasteiger partial charge in [-0.15, -0.1) is 0 Å². The van der Waals surface area contributed by atoms with Gasteiger partial charge in [-0.05, 0) is 53.9 Å². The third-order valence-electron chi connectivity index (χ3n) is 5.25. The molecule has 4 N–H and O–H groups in total. The maximum Gasteiger partial charge on any atom is 0.321 e. The normalized spacial score (nSPS) is 10.4. The van der Waals surface area contributed by atoms with Crippen LogP contribution < -0.4 is 16.4 Å². The van der Waals surface area contributed by atoms with Crippen molar-refractivity contribution in [3.05, 3.63) is 78.4 Å². The molecule has 0 fully saturated rings. The van der Waals surface area contributed by atoms with E-state index in [1.807, 2.05) is 42.5 Å². The largest absolute Gasteiger partial charge is 0.397 e. The molecule has 0 aromatic heterocycles. The average molecular weight is 431 g/mol. The first-order chi connectivity index (χ1) is 15.5. The highest BCUT2D eigenvalue weighted by atomic mass is 16.2. The molecule has 0 spiro atoms. The maximum atomic E-state index is 12.7. The number of nitrogens with two attached hydrogens (primary N) is 1. The van der Waals surface area contributed by atoms with Gasteiger partial charge in [0.25, 0.3) is 5.91 Å². The predicted molar refractivity (Wildman–Crippen MR) is 132 cm³/mol. The van der Waals surface area contributed by atoms with Crippen molar-refractivity contribution in [3.8, 4) is 11.1 Å².